The van der Waals surface area contributed by atoms with Crippen molar-refractivity contribution in [3.63, 3.8) is 0 Å². The van der Waals surface area contributed by atoms with Gasteiger partial charge in [0.05, 0.1) is 5.56 Å². The number of aromatic nitrogens is 2. The van der Waals surface area contributed by atoms with Gasteiger partial charge in [-0.3, -0.25) is 0 Å². The van der Waals surface area contributed by atoms with Crippen molar-refractivity contribution in [3.05, 3.63) is 24.0 Å². The van der Waals surface area contributed by atoms with Crippen LogP contribution in [0.15, 0.2) is 22.7 Å². The third-order valence-corrected chi connectivity index (χ3v) is 4.48. The number of phenolic OH excluding ortho intramolecular Hbond substituents is 1. The Morgan fingerprint density at radius 3 is 2.71 bits per heavy atom. The number of phenols is 1. The van der Waals surface area contributed by atoms with E-state index in [1.807, 2.05) is 0 Å². The Kier molecular flexibility index (Phi) is 3.82. The van der Waals surface area contributed by atoms with E-state index in [1.165, 1.54) is 25.3 Å². The van der Waals surface area contributed by atoms with E-state index in [1.54, 1.807) is 12.1 Å². The fourth-order valence-electron chi connectivity index (χ4n) is 3.07. The van der Waals surface area contributed by atoms with Gasteiger partial charge in [0.15, 0.2) is 5.82 Å². The topological polar surface area (TPSA) is 85.2 Å². The molecule has 0 aliphatic heterocycles. The van der Waals surface area contributed by atoms with Crippen molar-refractivity contribution in [1.29, 1.82) is 0 Å². The van der Waals surface area contributed by atoms with Gasteiger partial charge in [-0.15, -0.1) is 0 Å². The highest BCUT2D eigenvalue weighted by atomic mass is 16.5. The molecule has 5 nitrogen and oxygen atoms in total. The van der Waals surface area contributed by atoms with Crippen LogP contribution in [0, 0.1) is 5.92 Å². The van der Waals surface area contributed by atoms with Crippen LogP contribution < -0.4 is 5.73 Å². The lowest BCUT2D eigenvalue weighted by Crippen LogP contribution is -2.13. The van der Waals surface area contributed by atoms with Crippen molar-refractivity contribution in [2.45, 2.75) is 44.9 Å². The summed E-state index contributed by atoms with van der Waals surface area (Å²) in [5.41, 5.74) is 6.67. The van der Waals surface area contributed by atoms with Crippen LogP contribution in [0.4, 0.5) is 5.69 Å². The fourth-order valence-corrected chi connectivity index (χ4v) is 3.07. The SMILES string of the molecule is CCC1CCC(c2noc(-c3ccc(N)cc3O)n2)CC1. The molecule has 0 spiro atoms. The fraction of sp³-hybridized carbons (Fsp3) is 0.500. The molecule has 0 unspecified atom stereocenters. The number of nitrogens with zero attached hydrogens (tertiary/aromatic N) is 2. The quantitative estimate of drug-likeness (QED) is 0.840. The predicted molar refractivity (Wildman–Crippen MR) is 80.8 cm³/mol. The Bertz CT molecular complexity index is 616. The monoisotopic (exact) mass is 287 g/mol. The zero-order chi connectivity index (χ0) is 14.8. The van der Waals surface area contributed by atoms with Gasteiger partial charge in [-0.2, -0.15) is 4.98 Å². The number of hydrogen-bond acceptors (Lipinski definition) is 5. The molecule has 0 saturated heterocycles. The summed E-state index contributed by atoms with van der Waals surface area (Å²) in [6.45, 7) is 2.25. The normalized spacial score (nSPS) is 22.3. The van der Waals surface area contributed by atoms with E-state index in [4.69, 9.17) is 10.3 Å². The van der Waals surface area contributed by atoms with Crippen molar-refractivity contribution in [2.24, 2.45) is 5.92 Å². The van der Waals surface area contributed by atoms with E-state index in [-0.39, 0.29) is 5.75 Å². The summed E-state index contributed by atoms with van der Waals surface area (Å²) >= 11 is 0. The summed E-state index contributed by atoms with van der Waals surface area (Å²) in [4.78, 5) is 4.47. The van der Waals surface area contributed by atoms with Gasteiger partial charge in [0.1, 0.15) is 5.75 Å². The molecule has 1 fully saturated rings. The molecule has 1 heterocycles. The maximum Gasteiger partial charge on any atom is 0.261 e. The maximum absolute atomic E-state index is 9.92. The Hall–Kier alpha value is -2.04. The molecular weight excluding hydrogens is 266 g/mol. The minimum atomic E-state index is 0.0693. The number of nitrogen functional groups attached to an aromatic ring is 1. The number of hydrogen-bond donors (Lipinski definition) is 2. The molecule has 2 aromatic rings. The molecular formula is C16H21N3O2. The molecule has 1 aliphatic rings. The predicted octanol–water partition coefficient (Wildman–Crippen LogP) is 3.71. The molecule has 0 amide bonds. The second-order valence-corrected chi connectivity index (χ2v) is 5.86. The van der Waals surface area contributed by atoms with E-state index in [9.17, 15) is 5.11 Å². The summed E-state index contributed by atoms with van der Waals surface area (Å²) in [5.74, 6) is 2.41. The van der Waals surface area contributed by atoms with Crippen molar-refractivity contribution >= 4 is 5.69 Å². The minimum Gasteiger partial charge on any atom is -0.507 e. The van der Waals surface area contributed by atoms with Gasteiger partial charge in [0, 0.05) is 17.7 Å². The van der Waals surface area contributed by atoms with Gasteiger partial charge in [0.25, 0.3) is 5.89 Å². The zero-order valence-electron chi connectivity index (χ0n) is 12.2. The van der Waals surface area contributed by atoms with Crippen molar-refractivity contribution < 1.29 is 9.63 Å². The van der Waals surface area contributed by atoms with Crippen LogP contribution in [0.5, 0.6) is 5.75 Å². The van der Waals surface area contributed by atoms with Gasteiger partial charge < -0.3 is 15.4 Å². The van der Waals surface area contributed by atoms with Crippen LogP contribution in [-0.2, 0) is 0 Å². The Labute approximate surface area is 124 Å². The highest BCUT2D eigenvalue weighted by Gasteiger charge is 2.25. The van der Waals surface area contributed by atoms with Crippen LogP contribution in [0.1, 0.15) is 50.8 Å². The molecule has 3 N–H and O–H groups in total. The maximum atomic E-state index is 9.92. The average molecular weight is 287 g/mol. The highest BCUT2D eigenvalue weighted by molar-refractivity contribution is 5.66. The second kappa shape index (κ2) is 5.76. The first-order valence-electron chi connectivity index (χ1n) is 7.59. The lowest BCUT2D eigenvalue weighted by molar-refractivity contribution is 0.305. The molecule has 1 aromatic carbocycles. The zero-order valence-corrected chi connectivity index (χ0v) is 12.2. The molecule has 0 radical (unpaired) electrons. The molecule has 5 heteroatoms. The van der Waals surface area contributed by atoms with Crippen molar-refractivity contribution in [2.75, 3.05) is 5.73 Å². The highest BCUT2D eigenvalue weighted by Crippen LogP contribution is 2.37. The summed E-state index contributed by atoms with van der Waals surface area (Å²) in [7, 11) is 0. The summed E-state index contributed by atoms with van der Waals surface area (Å²) in [6.07, 6.45) is 5.95. The van der Waals surface area contributed by atoms with E-state index < -0.39 is 0 Å². The molecule has 3 rings (SSSR count). The molecule has 112 valence electrons. The lowest BCUT2D eigenvalue weighted by Gasteiger charge is -2.25. The number of rotatable bonds is 3. The van der Waals surface area contributed by atoms with Gasteiger partial charge in [0.2, 0.25) is 0 Å². The molecule has 21 heavy (non-hydrogen) atoms. The number of anilines is 1. The summed E-state index contributed by atoms with van der Waals surface area (Å²) < 4.78 is 5.32. The van der Waals surface area contributed by atoms with E-state index in [2.05, 4.69) is 17.1 Å². The minimum absolute atomic E-state index is 0.0693. The Morgan fingerprint density at radius 2 is 2.05 bits per heavy atom. The van der Waals surface area contributed by atoms with Crippen LogP contribution in [0.25, 0.3) is 11.5 Å². The third-order valence-electron chi connectivity index (χ3n) is 4.48. The van der Waals surface area contributed by atoms with Crippen molar-refractivity contribution in [3.8, 4) is 17.2 Å². The smallest absolute Gasteiger partial charge is 0.261 e. The Balaban J connectivity index is 1.77. The van der Waals surface area contributed by atoms with Gasteiger partial charge in [-0.1, -0.05) is 18.5 Å². The first-order valence-corrected chi connectivity index (χ1v) is 7.59. The van der Waals surface area contributed by atoms with Gasteiger partial charge in [-0.25, -0.2) is 0 Å². The summed E-state index contributed by atoms with van der Waals surface area (Å²) in [6, 6.07) is 4.91. The first-order chi connectivity index (χ1) is 10.2. The Morgan fingerprint density at radius 1 is 1.29 bits per heavy atom. The molecule has 1 aromatic heterocycles. The van der Waals surface area contributed by atoms with E-state index >= 15 is 0 Å². The van der Waals surface area contributed by atoms with E-state index in [0.29, 0.717) is 23.1 Å². The molecule has 1 saturated carbocycles. The molecule has 0 bridgehead atoms. The second-order valence-electron chi connectivity index (χ2n) is 5.86. The van der Waals surface area contributed by atoms with Crippen LogP contribution in [-0.4, -0.2) is 15.2 Å². The molecule has 1 aliphatic carbocycles. The average Bonchev–Trinajstić information content (AvgIpc) is 2.97. The van der Waals surface area contributed by atoms with Crippen molar-refractivity contribution in [1.82, 2.24) is 10.1 Å². The lowest BCUT2D eigenvalue weighted by atomic mass is 9.80. The summed E-state index contributed by atoms with van der Waals surface area (Å²) in [5, 5.41) is 14.0. The van der Waals surface area contributed by atoms with Crippen LogP contribution in [0.3, 0.4) is 0 Å². The number of benzene rings is 1. The van der Waals surface area contributed by atoms with Crippen LogP contribution in [0.2, 0.25) is 0 Å². The largest absolute Gasteiger partial charge is 0.507 e. The third kappa shape index (κ3) is 2.86. The number of nitrogens with two attached hydrogens (primary N) is 1. The van der Waals surface area contributed by atoms with Gasteiger partial charge >= 0.3 is 0 Å². The molecule has 0 atom stereocenters. The first kappa shape index (κ1) is 13.9. The standard InChI is InChI=1S/C16H21N3O2/c1-2-10-3-5-11(6-4-10)15-18-16(21-19-15)13-8-7-12(17)9-14(13)20/h7-11,20H,2-6,17H2,1H3. The number of aromatic hydroxyl groups is 1. The van der Waals surface area contributed by atoms with Gasteiger partial charge in [-0.05, 0) is 43.7 Å². The van der Waals surface area contributed by atoms with E-state index in [0.717, 1.165) is 24.6 Å². The van der Waals surface area contributed by atoms with Crippen LogP contribution >= 0.6 is 0 Å².